The molecular weight excluding hydrogens is 565 g/mol. The van der Waals surface area contributed by atoms with Gasteiger partial charge in [0.15, 0.2) is 17.4 Å². The maximum Gasteiger partial charge on any atom is 0.418 e. The number of ether oxygens (including phenoxy) is 2. The molecule has 2 amide bonds. The van der Waals surface area contributed by atoms with Gasteiger partial charge in [-0.1, -0.05) is 19.6 Å². The molecule has 0 fully saturated rings. The molecular formula is C27H28F5N5O3Si. The number of amides is 2. The number of aromatic nitrogens is 3. The first-order valence-corrected chi connectivity index (χ1v) is 16.2. The number of urea groups is 1. The molecule has 0 bridgehead atoms. The predicted octanol–water partition coefficient (Wildman–Crippen LogP) is 7.79. The molecule has 4 aromatic rings. The van der Waals surface area contributed by atoms with E-state index >= 15 is 0 Å². The highest BCUT2D eigenvalue weighted by Crippen LogP contribution is 2.42. The third-order valence-electron chi connectivity index (χ3n) is 5.89. The van der Waals surface area contributed by atoms with E-state index in [4.69, 9.17) is 9.47 Å². The Morgan fingerprint density at radius 3 is 2.32 bits per heavy atom. The Morgan fingerprint density at radius 1 is 1.02 bits per heavy atom. The van der Waals surface area contributed by atoms with Gasteiger partial charge < -0.3 is 24.7 Å². The lowest BCUT2D eigenvalue weighted by molar-refractivity contribution is -0.136. The number of hydrogen-bond donors (Lipinski definition) is 2. The van der Waals surface area contributed by atoms with Crippen LogP contribution in [0, 0.1) is 18.6 Å². The highest BCUT2D eigenvalue weighted by atomic mass is 28.3. The highest BCUT2D eigenvalue weighted by Gasteiger charge is 2.37. The summed E-state index contributed by atoms with van der Waals surface area (Å²) in [6.45, 7) is 8.37. The normalized spacial score (nSPS) is 12.0. The summed E-state index contributed by atoms with van der Waals surface area (Å²) in [5.41, 5.74) is -0.381. The van der Waals surface area contributed by atoms with Gasteiger partial charge >= 0.3 is 12.2 Å². The Labute approximate surface area is 233 Å². The molecule has 0 aliphatic carbocycles. The Kier molecular flexibility index (Phi) is 8.63. The van der Waals surface area contributed by atoms with Gasteiger partial charge in [-0.05, 0) is 31.2 Å². The van der Waals surface area contributed by atoms with E-state index in [0.717, 1.165) is 36.1 Å². The summed E-state index contributed by atoms with van der Waals surface area (Å²) in [6, 6.07) is 5.94. The fourth-order valence-electron chi connectivity index (χ4n) is 3.80. The fraction of sp³-hybridized carbons (Fsp3) is 0.296. The van der Waals surface area contributed by atoms with Gasteiger partial charge in [0.1, 0.15) is 18.1 Å². The number of anilines is 2. The molecule has 14 heteroatoms. The van der Waals surface area contributed by atoms with Gasteiger partial charge in [0.2, 0.25) is 0 Å². The topological polar surface area (TPSA) is 90.3 Å². The Hall–Kier alpha value is -4.04. The number of pyridine rings is 2. The summed E-state index contributed by atoms with van der Waals surface area (Å²) in [6.07, 6.45) is -1.40. The van der Waals surface area contributed by atoms with Crippen LogP contribution in [0.1, 0.15) is 11.3 Å². The lowest BCUT2D eigenvalue weighted by Gasteiger charge is -2.15. The minimum Gasteiger partial charge on any atom is -0.450 e. The van der Waals surface area contributed by atoms with Crippen molar-refractivity contribution >= 4 is 36.5 Å². The number of nitrogens with zero attached hydrogens (tertiary/aromatic N) is 3. The predicted molar refractivity (Wildman–Crippen MR) is 147 cm³/mol. The molecule has 41 heavy (non-hydrogen) atoms. The third kappa shape index (κ3) is 7.58. The van der Waals surface area contributed by atoms with Crippen LogP contribution >= 0.6 is 0 Å². The van der Waals surface area contributed by atoms with Gasteiger partial charge in [0.25, 0.3) is 0 Å². The molecule has 0 saturated heterocycles. The van der Waals surface area contributed by atoms with Crippen LogP contribution in [0.4, 0.5) is 38.1 Å². The lowest BCUT2D eigenvalue weighted by atomic mass is 10.2. The third-order valence-corrected chi connectivity index (χ3v) is 7.59. The number of aryl methyl sites for hydroxylation is 1. The van der Waals surface area contributed by atoms with Crippen molar-refractivity contribution in [3.05, 3.63) is 71.8 Å². The number of alkyl halides is 3. The minimum atomic E-state index is -4.81. The zero-order valence-electron chi connectivity index (χ0n) is 22.7. The Balaban J connectivity index is 1.58. The maximum atomic E-state index is 15.0. The van der Waals surface area contributed by atoms with Crippen molar-refractivity contribution in [2.75, 3.05) is 17.2 Å². The quantitative estimate of drug-likeness (QED) is 0.118. The van der Waals surface area contributed by atoms with E-state index in [1.54, 1.807) is 19.1 Å². The largest absolute Gasteiger partial charge is 0.450 e. The molecule has 0 aliphatic heterocycles. The first-order chi connectivity index (χ1) is 19.2. The first kappa shape index (κ1) is 29.9. The molecule has 0 unspecified atom stereocenters. The van der Waals surface area contributed by atoms with Crippen molar-refractivity contribution in [1.29, 1.82) is 0 Å². The van der Waals surface area contributed by atoms with Gasteiger partial charge in [-0.2, -0.15) is 13.2 Å². The molecule has 8 nitrogen and oxygen atoms in total. The van der Waals surface area contributed by atoms with Crippen LogP contribution in [-0.2, 0) is 17.6 Å². The number of hydrogen-bond acceptors (Lipinski definition) is 5. The number of benzene rings is 1. The number of rotatable bonds is 9. The average Bonchev–Trinajstić information content (AvgIpc) is 3.25. The second-order valence-electron chi connectivity index (χ2n) is 10.5. The maximum absolute atomic E-state index is 15.0. The fourth-order valence-corrected chi connectivity index (χ4v) is 4.56. The van der Waals surface area contributed by atoms with Crippen molar-refractivity contribution in [2.45, 2.75) is 45.5 Å². The zero-order chi connectivity index (χ0) is 29.9. The summed E-state index contributed by atoms with van der Waals surface area (Å²) >= 11 is 0. The van der Waals surface area contributed by atoms with Gasteiger partial charge in [0.05, 0.1) is 22.8 Å². The summed E-state index contributed by atoms with van der Waals surface area (Å²) < 4.78 is 84.0. The van der Waals surface area contributed by atoms with Gasteiger partial charge in [-0.3, -0.25) is 4.98 Å². The van der Waals surface area contributed by atoms with Crippen molar-refractivity contribution in [1.82, 2.24) is 14.5 Å². The number of carbonyl (C=O) groups is 1. The van der Waals surface area contributed by atoms with E-state index in [2.05, 4.69) is 40.2 Å². The van der Waals surface area contributed by atoms with E-state index in [0.29, 0.717) is 12.3 Å². The van der Waals surface area contributed by atoms with E-state index in [9.17, 15) is 26.7 Å². The van der Waals surface area contributed by atoms with Crippen molar-refractivity contribution in [3.8, 4) is 11.5 Å². The van der Waals surface area contributed by atoms with Crippen molar-refractivity contribution in [3.63, 3.8) is 0 Å². The summed E-state index contributed by atoms with van der Waals surface area (Å²) in [7, 11) is -1.42. The molecule has 0 spiro atoms. The molecule has 0 saturated carbocycles. The van der Waals surface area contributed by atoms with Crippen LogP contribution in [-0.4, -0.2) is 35.2 Å². The highest BCUT2D eigenvalue weighted by molar-refractivity contribution is 6.76. The number of carbonyl (C=O) groups excluding carboxylic acids is 1. The SMILES string of the molecule is Cc1ccc(NC(=O)Nc2cc(F)c(Oc3ccnc4c3c(C(F)(F)F)cn4COCC[Si](C)(C)C)c(F)c2)cn1. The van der Waals surface area contributed by atoms with Gasteiger partial charge in [-0.25, -0.2) is 18.6 Å². The standard InChI is InChI=1S/C27H28F5N5O3Si/c1-16-5-6-17(13-34-16)35-26(38)36-18-11-20(28)24(21(29)12-18)40-22-7-8-33-25-23(22)19(27(30,31)32)14-37(25)15-39-9-10-41(2,3)4/h5-8,11-14H,9-10,15H2,1-4H3,(H2,35,36,38). The summed E-state index contributed by atoms with van der Waals surface area (Å²) in [5, 5.41) is 4.28. The zero-order valence-corrected chi connectivity index (χ0v) is 23.7. The van der Waals surface area contributed by atoms with E-state index in [1.165, 1.54) is 17.0 Å². The van der Waals surface area contributed by atoms with Crippen LogP contribution in [0.25, 0.3) is 11.0 Å². The van der Waals surface area contributed by atoms with Crippen LogP contribution < -0.4 is 15.4 Å². The summed E-state index contributed by atoms with van der Waals surface area (Å²) in [5.74, 6) is -3.89. The second-order valence-corrected chi connectivity index (χ2v) is 16.1. The van der Waals surface area contributed by atoms with Crippen LogP contribution in [0.2, 0.25) is 25.7 Å². The van der Waals surface area contributed by atoms with E-state index < -0.39 is 54.4 Å². The van der Waals surface area contributed by atoms with Crippen molar-refractivity contribution < 1.29 is 36.2 Å². The van der Waals surface area contributed by atoms with E-state index in [-0.39, 0.29) is 18.1 Å². The molecule has 1 aromatic carbocycles. The molecule has 2 N–H and O–H groups in total. The molecule has 218 valence electrons. The molecule has 3 aromatic heterocycles. The summed E-state index contributed by atoms with van der Waals surface area (Å²) in [4.78, 5) is 20.3. The molecule has 0 atom stereocenters. The average molecular weight is 594 g/mol. The smallest absolute Gasteiger partial charge is 0.418 e. The number of halogens is 5. The Bertz CT molecular complexity index is 1530. The lowest BCUT2D eigenvalue weighted by Crippen LogP contribution is -2.22. The van der Waals surface area contributed by atoms with Crippen LogP contribution in [0.15, 0.2) is 48.9 Å². The van der Waals surface area contributed by atoms with E-state index in [1.807, 2.05) is 0 Å². The van der Waals surface area contributed by atoms with Crippen LogP contribution in [0.3, 0.4) is 0 Å². The van der Waals surface area contributed by atoms with Crippen molar-refractivity contribution in [2.24, 2.45) is 0 Å². The molecule has 4 rings (SSSR count). The monoisotopic (exact) mass is 593 g/mol. The van der Waals surface area contributed by atoms with Gasteiger partial charge in [-0.15, -0.1) is 0 Å². The molecule has 0 aliphatic rings. The molecule has 3 heterocycles. The number of nitrogens with one attached hydrogen (secondary N) is 2. The minimum absolute atomic E-state index is 0.121. The first-order valence-electron chi connectivity index (χ1n) is 12.5. The van der Waals surface area contributed by atoms with Crippen LogP contribution in [0.5, 0.6) is 11.5 Å². The second kappa shape index (κ2) is 11.8. The van der Waals surface area contributed by atoms with Gasteiger partial charge in [0, 0.05) is 50.6 Å². The molecule has 0 radical (unpaired) electrons. The Morgan fingerprint density at radius 2 is 1.71 bits per heavy atom. The number of fused-ring (bicyclic) bond motifs is 1.